The van der Waals surface area contributed by atoms with Gasteiger partial charge in [0.2, 0.25) is 0 Å². The summed E-state index contributed by atoms with van der Waals surface area (Å²) in [7, 11) is 1.91. The van der Waals surface area contributed by atoms with Crippen molar-refractivity contribution in [2.75, 3.05) is 18.0 Å². The van der Waals surface area contributed by atoms with Crippen molar-refractivity contribution in [1.29, 1.82) is 0 Å². The lowest BCUT2D eigenvalue weighted by molar-refractivity contribution is 0.112. The van der Waals surface area contributed by atoms with Crippen LogP contribution in [0.5, 0.6) is 0 Å². The zero-order valence-electron chi connectivity index (χ0n) is 10.2. The van der Waals surface area contributed by atoms with Crippen LogP contribution in [0.15, 0.2) is 0 Å². The smallest absolute Gasteiger partial charge is 0.155 e. The predicted molar refractivity (Wildman–Crippen MR) is 63.9 cm³/mol. The first kappa shape index (κ1) is 11.2. The average molecular weight is 221 g/mol. The Balaban J connectivity index is 2.30. The summed E-state index contributed by atoms with van der Waals surface area (Å²) in [5.41, 5.74) is 1.56. The lowest BCUT2D eigenvalue weighted by Gasteiger charge is -2.23. The summed E-state index contributed by atoms with van der Waals surface area (Å²) < 4.78 is 1.82. The minimum absolute atomic E-state index is 0.741. The molecule has 1 heterocycles. The molecule has 0 aromatic carbocycles. The number of aryl methyl sites for hydroxylation is 2. The van der Waals surface area contributed by atoms with Crippen LogP contribution in [0, 0.1) is 12.8 Å². The van der Waals surface area contributed by atoms with Crippen molar-refractivity contribution >= 4 is 12.1 Å². The van der Waals surface area contributed by atoms with Crippen LogP contribution in [0.2, 0.25) is 0 Å². The van der Waals surface area contributed by atoms with Gasteiger partial charge in [-0.2, -0.15) is 5.10 Å². The van der Waals surface area contributed by atoms with Crippen molar-refractivity contribution < 1.29 is 4.79 Å². The maximum absolute atomic E-state index is 11.1. The van der Waals surface area contributed by atoms with Gasteiger partial charge in [-0.15, -0.1) is 0 Å². The molecule has 0 N–H and O–H groups in total. The molecule has 1 fully saturated rings. The monoisotopic (exact) mass is 221 g/mol. The first-order valence-electron chi connectivity index (χ1n) is 5.91. The van der Waals surface area contributed by atoms with Gasteiger partial charge in [0.25, 0.3) is 0 Å². The molecule has 16 heavy (non-hydrogen) atoms. The average Bonchev–Trinajstić information content (AvgIpc) is 3.01. The highest BCUT2D eigenvalue weighted by Gasteiger charge is 2.26. The molecular formula is C12H19N3O. The maximum atomic E-state index is 11.1. The highest BCUT2D eigenvalue weighted by atomic mass is 16.1. The van der Waals surface area contributed by atoms with E-state index in [1.54, 1.807) is 0 Å². The van der Waals surface area contributed by atoms with E-state index in [0.717, 1.165) is 42.4 Å². The van der Waals surface area contributed by atoms with Crippen molar-refractivity contribution in [2.24, 2.45) is 13.0 Å². The Morgan fingerprint density at radius 3 is 2.75 bits per heavy atom. The number of anilines is 1. The van der Waals surface area contributed by atoms with Crippen LogP contribution in [-0.4, -0.2) is 29.2 Å². The molecule has 0 bridgehead atoms. The first-order valence-corrected chi connectivity index (χ1v) is 5.91. The summed E-state index contributed by atoms with van der Waals surface area (Å²) in [5.74, 6) is 1.79. The van der Waals surface area contributed by atoms with Gasteiger partial charge in [-0.3, -0.25) is 9.48 Å². The molecule has 0 amide bonds. The van der Waals surface area contributed by atoms with Gasteiger partial charge < -0.3 is 4.90 Å². The molecule has 1 aromatic rings. The second-order valence-electron chi connectivity index (χ2n) is 4.55. The Morgan fingerprint density at radius 1 is 1.56 bits per heavy atom. The summed E-state index contributed by atoms with van der Waals surface area (Å²) in [6.45, 7) is 5.99. The van der Waals surface area contributed by atoms with Gasteiger partial charge in [0, 0.05) is 20.1 Å². The van der Waals surface area contributed by atoms with Crippen LogP contribution in [-0.2, 0) is 7.05 Å². The third-order valence-electron chi connectivity index (χ3n) is 3.21. The number of rotatable bonds is 5. The lowest BCUT2D eigenvalue weighted by atomic mass is 10.2. The minimum atomic E-state index is 0.741. The van der Waals surface area contributed by atoms with Gasteiger partial charge in [0.15, 0.2) is 6.29 Å². The number of nitrogens with zero attached hydrogens (tertiary/aromatic N) is 3. The zero-order chi connectivity index (χ0) is 11.7. The third-order valence-corrected chi connectivity index (χ3v) is 3.21. The Kier molecular flexibility index (Phi) is 2.99. The van der Waals surface area contributed by atoms with Crippen molar-refractivity contribution in [2.45, 2.75) is 26.7 Å². The van der Waals surface area contributed by atoms with Gasteiger partial charge >= 0.3 is 0 Å². The van der Waals surface area contributed by atoms with Crippen LogP contribution in [0.4, 0.5) is 5.82 Å². The molecule has 0 spiro atoms. The molecule has 88 valence electrons. The molecule has 4 nitrogen and oxygen atoms in total. The number of hydrogen-bond acceptors (Lipinski definition) is 3. The molecule has 0 unspecified atom stereocenters. The lowest BCUT2D eigenvalue weighted by Crippen LogP contribution is -2.28. The Morgan fingerprint density at radius 2 is 2.25 bits per heavy atom. The molecule has 1 aliphatic rings. The summed E-state index contributed by atoms with van der Waals surface area (Å²) >= 11 is 0. The van der Waals surface area contributed by atoms with Crippen molar-refractivity contribution in [1.82, 2.24) is 9.78 Å². The number of aldehydes is 1. The molecule has 2 rings (SSSR count). The molecule has 1 aliphatic carbocycles. The van der Waals surface area contributed by atoms with E-state index in [0.29, 0.717) is 0 Å². The molecule has 4 heteroatoms. The fraction of sp³-hybridized carbons (Fsp3) is 0.667. The standard InChI is InChI=1S/C12H19N3O/c1-4-15(7-10-5-6-10)12-11(8-16)9(2)13-14(12)3/h8,10H,4-7H2,1-3H3. The number of aromatic nitrogens is 2. The topological polar surface area (TPSA) is 38.1 Å². The van der Waals surface area contributed by atoms with Crippen LogP contribution in [0.3, 0.4) is 0 Å². The van der Waals surface area contributed by atoms with Gasteiger partial charge in [-0.05, 0) is 32.6 Å². The van der Waals surface area contributed by atoms with E-state index in [4.69, 9.17) is 0 Å². The van der Waals surface area contributed by atoms with E-state index in [9.17, 15) is 4.79 Å². The first-order chi connectivity index (χ1) is 7.67. The minimum Gasteiger partial charge on any atom is -0.356 e. The predicted octanol–water partition coefficient (Wildman–Crippen LogP) is 1.78. The Hall–Kier alpha value is -1.32. The van der Waals surface area contributed by atoms with Crippen LogP contribution >= 0.6 is 0 Å². The van der Waals surface area contributed by atoms with E-state index < -0.39 is 0 Å². The third kappa shape index (κ3) is 1.96. The van der Waals surface area contributed by atoms with E-state index >= 15 is 0 Å². The SMILES string of the molecule is CCN(CC1CC1)c1c(C=O)c(C)nn1C. The van der Waals surface area contributed by atoms with Crippen molar-refractivity contribution in [3.63, 3.8) is 0 Å². The number of hydrogen-bond donors (Lipinski definition) is 0. The van der Waals surface area contributed by atoms with Gasteiger partial charge in [0.1, 0.15) is 5.82 Å². The fourth-order valence-electron chi connectivity index (χ4n) is 2.15. The molecule has 1 aromatic heterocycles. The second-order valence-corrected chi connectivity index (χ2v) is 4.55. The van der Waals surface area contributed by atoms with E-state index in [1.165, 1.54) is 12.8 Å². The second kappa shape index (κ2) is 4.28. The van der Waals surface area contributed by atoms with Crippen molar-refractivity contribution in [3.05, 3.63) is 11.3 Å². The molecule has 1 saturated carbocycles. The fourth-order valence-corrected chi connectivity index (χ4v) is 2.15. The van der Waals surface area contributed by atoms with E-state index in [2.05, 4.69) is 16.9 Å². The van der Waals surface area contributed by atoms with Gasteiger partial charge in [-0.1, -0.05) is 0 Å². The highest BCUT2D eigenvalue weighted by molar-refractivity contribution is 5.84. The Labute approximate surface area is 96.2 Å². The van der Waals surface area contributed by atoms with Crippen molar-refractivity contribution in [3.8, 4) is 0 Å². The summed E-state index contributed by atoms with van der Waals surface area (Å²) in [4.78, 5) is 13.4. The van der Waals surface area contributed by atoms with Crippen LogP contribution in [0.25, 0.3) is 0 Å². The number of carbonyl (C=O) groups excluding carboxylic acids is 1. The normalized spacial score (nSPS) is 15.2. The molecule has 0 aliphatic heterocycles. The Bertz CT molecular complexity index is 393. The summed E-state index contributed by atoms with van der Waals surface area (Å²) in [6, 6.07) is 0. The van der Waals surface area contributed by atoms with Gasteiger partial charge in [0.05, 0.1) is 11.3 Å². The van der Waals surface area contributed by atoms with E-state index in [-0.39, 0.29) is 0 Å². The summed E-state index contributed by atoms with van der Waals surface area (Å²) in [6.07, 6.45) is 3.57. The molecule has 0 atom stereocenters. The zero-order valence-corrected chi connectivity index (χ0v) is 10.2. The highest BCUT2D eigenvalue weighted by Crippen LogP contribution is 2.32. The maximum Gasteiger partial charge on any atom is 0.155 e. The van der Waals surface area contributed by atoms with Gasteiger partial charge in [-0.25, -0.2) is 0 Å². The van der Waals surface area contributed by atoms with E-state index in [1.807, 2.05) is 18.7 Å². The number of carbonyl (C=O) groups is 1. The quantitative estimate of drug-likeness (QED) is 0.711. The molecular weight excluding hydrogens is 202 g/mol. The molecule has 0 radical (unpaired) electrons. The largest absolute Gasteiger partial charge is 0.356 e. The molecule has 0 saturated heterocycles. The van der Waals surface area contributed by atoms with Crippen LogP contribution in [0.1, 0.15) is 35.8 Å². The summed E-state index contributed by atoms with van der Waals surface area (Å²) in [5, 5.41) is 4.32. The van der Waals surface area contributed by atoms with Crippen LogP contribution < -0.4 is 4.90 Å².